The Morgan fingerprint density at radius 1 is 0.394 bits per heavy atom. The maximum absolute atomic E-state index is 3.02. The summed E-state index contributed by atoms with van der Waals surface area (Å²) >= 11 is 0. The van der Waals surface area contributed by atoms with Gasteiger partial charge in [0, 0.05) is 0 Å². The molecule has 66 heavy (non-hydrogen) atoms. The van der Waals surface area contributed by atoms with E-state index in [2.05, 4.69) is 55.2 Å². The summed E-state index contributed by atoms with van der Waals surface area (Å²) in [6.07, 6.45) is 79.1. The molecule has 0 aromatic heterocycles. The van der Waals surface area contributed by atoms with E-state index in [1.54, 1.807) is 103 Å². The summed E-state index contributed by atoms with van der Waals surface area (Å²) in [6, 6.07) is 0. The van der Waals surface area contributed by atoms with Crippen molar-refractivity contribution in [3.05, 3.63) is 45.6 Å². The van der Waals surface area contributed by atoms with Gasteiger partial charge in [-0.3, -0.25) is 0 Å². The maximum atomic E-state index is 3.02. The van der Waals surface area contributed by atoms with Crippen LogP contribution in [0.5, 0.6) is 0 Å². The van der Waals surface area contributed by atoms with E-state index in [1.165, 1.54) is 212 Å². The summed E-state index contributed by atoms with van der Waals surface area (Å²) in [5.74, 6) is 0. The minimum absolute atomic E-state index is 0.0991. The van der Waals surface area contributed by atoms with Crippen molar-refractivity contribution in [3.8, 4) is 0 Å². The van der Waals surface area contributed by atoms with Gasteiger partial charge in [0.05, 0.1) is 0 Å². The summed E-state index contributed by atoms with van der Waals surface area (Å²) in [4.78, 5) is 0. The second-order valence-electron chi connectivity index (χ2n) is 23.9. The molecule has 2 heteroatoms. The zero-order chi connectivity index (χ0) is 46.0. The van der Waals surface area contributed by atoms with Gasteiger partial charge in [0.15, 0.2) is 0 Å². The third-order valence-corrected chi connectivity index (χ3v) is 38.4. The van der Waals surface area contributed by atoms with Crippen LogP contribution in [-0.4, -0.2) is 22.6 Å². The van der Waals surface area contributed by atoms with Gasteiger partial charge in [-0.05, 0) is 0 Å². The Labute approximate surface area is 415 Å². The molecule has 0 aromatic rings. The number of hydrogen-bond acceptors (Lipinski definition) is 0. The van der Waals surface area contributed by atoms with Gasteiger partial charge >= 0.3 is 404 Å². The van der Waals surface area contributed by atoms with E-state index in [0.29, 0.717) is 0 Å². The van der Waals surface area contributed by atoms with Crippen molar-refractivity contribution in [1.29, 1.82) is 0 Å². The molecule has 0 amide bonds. The van der Waals surface area contributed by atoms with E-state index in [4.69, 9.17) is 0 Å². The fourth-order valence-corrected chi connectivity index (χ4v) is 41.5. The van der Waals surface area contributed by atoms with Gasteiger partial charge < -0.3 is 0 Å². The molecule has 0 nitrogen and oxygen atoms in total. The summed E-state index contributed by atoms with van der Waals surface area (Å²) in [7, 11) is -0.0991. The topological polar surface area (TPSA) is 0 Å². The van der Waals surface area contributed by atoms with E-state index in [9.17, 15) is 0 Å². The van der Waals surface area contributed by atoms with Crippen molar-refractivity contribution in [2.75, 3.05) is 0 Å². The molecule has 4 saturated carbocycles. The SMILES string of the molecule is CCCCCCCCCCCC1=C(P(C2=C(CCCCCCCCCC)C(CCCCCCCCCC)=CC2)(C2CCCCCC2)(C2CCCC2)P(C2CCCCC2)C2CCCC2)CC=C1. The minimum atomic E-state index is -2.75. The zero-order valence-corrected chi connectivity index (χ0v) is 46.9. The van der Waals surface area contributed by atoms with Gasteiger partial charge in [0.1, 0.15) is 0 Å². The molecule has 1 unspecified atom stereocenters. The summed E-state index contributed by atoms with van der Waals surface area (Å²) < 4.78 is 0. The Balaban J connectivity index is 1.49. The van der Waals surface area contributed by atoms with Gasteiger partial charge in [-0.15, -0.1) is 0 Å². The first-order valence-electron chi connectivity index (χ1n) is 31.3. The van der Waals surface area contributed by atoms with Gasteiger partial charge in [-0.25, -0.2) is 0 Å². The molecule has 0 saturated heterocycles. The molecule has 0 spiro atoms. The molecule has 6 aliphatic rings. The third kappa shape index (κ3) is 14.3. The van der Waals surface area contributed by atoms with Crippen LogP contribution in [-0.2, 0) is 0 Å². The van der Waals surface area contributed by atoms with Crippen molar-refractivity contribution in [1.82, 2.24) is 0 Å². The van der Waals surface area contributed by atoms with E-state index >= 15 is 0 Å². The second-order valence-corrected chi connectivity index (χ2v) is 35.0. The molecular formula is C64H114P2. The molecular weight excluding hydrogens is 831 g/mol. The molecule has 4 fully saturated rings. The van der Waals surface area contributed by atoms with Crippen LogP contribution in [0.25, 0.3) is 0 Å². The molecule has 6 aliphatic carbocycles. The molecule has 0 heterocycles. The van der Waals surface area contributed by atoms with Crippen molar-refractivity contribution in [2.45, 2.75) is 358 Å². The van der Waals surface area contributed by atoms with Crippen LogP contribution in [0, 0.1) is 0 Å². The van der Waals surface area contributed by atoms with Crippen LogP contribution in [0.1, 0.15) is 335 Å². The van der Waals surface area contributed by atoms with Crippen LogP contribution in [0.4, 0.5) is 0 Å². The predicted molar refractivity (Wildman–Crippen MR) is 304 cm³/mol. The molecule has 0 bridgehead atoms. The number of unbranched alkanes of at least 4 members (excludes halogenated alkanes) is 22. The number of allylic oxidation sites excluding steroid dienone is 8. The fraction of sp³-hybridized carbons (Fsp3) is 0.875. The fourth-order valence-electron chi connectivity index (χ4n) is 16.2. The average molecular weight is 946 g/mol. The van der Waals surface area contributed by atoms with Gasteiger partial charge in [-0.2, -0.15) is 0 Å². The average Bonchev–Trinajstić information content (AvgIpc) is 4.19. The van der Waals surface area contributed by atoms with Gasteiger partial charge in [-0.1, -0.05) is 13.8 Å². The van der Waals surface area contributed by atoms with Crippen LogP contribution in [0.3, 0.4) is 0 Å². The number of rotatable bonds is 35. The third-order valence-electron chi connectivity index (χ3n) is 19.3. The first kappa shape index (κ1) is 55.1. The standard InChI is InChI=1S/C64H114P2/c1-4-7-10-13-16-19-21-24-30-42-57-43-40-53-63(57)66(61-50-38-39-51-61,60-48-33-26-27-34-49-60,65(59-46-36-37-47-59)58-44-31-28-32-45-58)64-55-54-56(41-29-23-20-17-14-11-8-5-2)62(64)52-35-25-22-18-15-12-9-6-3/h40,43,54,58-61H,4-39,41-42,44-53,55H2,1-3H3. The summed E-state index contributed by atoms with van der Waals surface area (Å²) in [5.41, 5.74) is 10.2. The molecule has 6 rings (SSSR count). The summed E-state index contributed by atoms with van der Waals surface area (Å²) in [6.45, 7) is 7.12. The van der Waals surface area contributed by atoms with Gasteiger partial charge in [0.2, 0.25) is 0 Å². The van der Waals surface area contributed by atoms with E-state index in [0.717, 1.165) is 22.6 Å². The zero-order valence-electron chi connectivity index (χ0n) is 45.1. The van der Waals surface area contributed by atoms with Crippen LogP contribution < -0.4 is 0 Å². The Morgan fingerprint density at radius 2 is 0.773 bits per heavy atom. The van der Waals surface area contributed by atoms with Gasteiger partial charge in [0.25, 0.3) is 0 Å². The molecule has 1 atom stereocenters. The van der Waals surface area contributed by atoms with Crippen LogP contribution in [0.15, 0.2) is 45.6 Å². The Hall–Kier alpha value is -0.180. The Bertz CT molecular complexity index is 1440. The quantitative estimate of drug-likeness (QED) is 0.0337. The predicted octanol–water partition coefficient (Wildman–Crippen LogP) is 23.7. The Morgan fingerprint density at radius 3 is 1.26 bits per heavy atom. The molecule has 0 aromatic carbocycles. The Kier molecular flexibility index (Phi) is 26.2. The second kappa shape index (κ2) is 31.3. The molecule has 0 N–H and O–H groups in total. The normalized spacial score (nSPS) is 21.9. The van der Waals surface area contributed by atoms with Crippen molar-refractivity contribution in [3.63, 3.8) is 0 Å². The number of hydrogen-bond donors (Lipinski definition) is 0. The summed E-state index contributed by atoms with van der Waals surface area (Å²) in [5, 5.41) is 4.61. The van der Waals surface area contributed by atoms with Crippen molar-refractivity contribution in [2.24, 2.45) is 0 Å². The van der Waals surface area contributed by atoms with E-state index in [-0.39, 0.29) is 7.61 Å². The molecule has 0 aliphatic heterocycles. The van der Waals surface area contributed by atoms with E-state index < -0.39 is 6.29 Å². The van der Waals surface area contributed by atoms with E-state index in [1.807, 2.05) is 11.1 Å². The van der Waals surface area contributed by atoms with Crippen molar-refractivity contribution < 1.29 is 0 Å². The first-order chi connectivity index (χ1) is 32.7. The first-order valence-corrected chi connectivity index (χ1v) is 35.9. The monoisotopic (exact) mass is 945 g/mol. The van der Waals surface area contributed by atoms with Crippen LogP contribution in [0.2, 0.25) is 0 Å². The molecule has 0 radical (unpaired) electrons. The molecule has 380 valence electrons. The van der Waals surface area contributed by atoms with Crippen molar-refractivity contribution >= 4 is 13.9 Å². The van der Waals surface area contributed by atoms with Crippen LogP contribution >= 0.6 is 13.9 Å².